The van der Waals surface area contributed by atoms with E-state index < -0.39 is 17.9 Å². The van der Waals surface area contributed by atoms with Crippen LogP contribution in [0.25, 0.3) is 0 Å². The molecule has 92 valence electrons. The Bertz CT molecular complexity index is 417. The van der Waals surface area contributed by atoms with Crippen LogP contribution >= 0.6 is 0 Å². The lowest BCUT2D eigenvalue weighted by Crippen LogP contribution is -2.28. The van der Waals surface area contributed by atoms with Gasteiger partial charge in [0.15, 0.2) is 5.92 Å². The van der Waals surface area contributed by atoms with Crippen molar-refractivity contribution in [3.8, 4) is 0 Å². The van der Waals surface area contributed by atoms with Gasteiger partial charge in [-0.2, -0.15) is 0 Å². The zero-order valence-corrected chi connectivity index (χ0v) is 9.84. The van der Waals surface area contributed by atoms with Crippen LogP contribution in [0.3, 0.4) is 0 Å². The van der Waals surface area contributed by atoms with Crippen molar-refractivity contribution in [3.63, 3.8) is 0 Å². The van der Waals surface area contributed by atoms with Gasteiger partial charge in [-0.25, -0.2) is 0 Å². The summed E-state index contributed by atoms with van der Waals surface area (Å²) in [5.74, 6) is -3.10. The third-order valence-electron chi connectivity index (χ3n) is 2.23. The van der Waals surface area contributed by atoms with E-state index in [1.807, 2.05) is 13.0 Å². The molecule has 1 N–H and O–H groups in total. The third-order valence-corrected chi connectivity index (χ3v) is 2.23. The second-order valence-electron chi connectivity index (χ2n) is 3.62. The fourth-order valence-electron chi connectivity index (χ4n) is 1.44. The topological polar surface area (TPSA) is 76.5 Å². The molecule has 0 aromatic carbocycles. The maximum absolute atomic E-state index is 11.4. The first-order chi connectivity index (χ1) is 8.04. The molecule has 0 amide bonds. The highest BCUT2D eigenvalue weighted by Gasteiger charge is 2.28. The number of carbonyl (C=O) groups excluding carboxylic acids is 1. The number of esters is 1. The molecule has 1 rings (SSSR count). The van der Waals surface area contributed by atoms with Crippen LogP contribution in [0, 0.1) is 12.8 Å². The molecule has 1 atom stereocenters. The monoisotopic (exact) mass is 237 g/mol. The molecule has 0 bridgehead atoms. The van der Waals surface area contributed by atoms with Gasteiger partial charge in [0.2, 0.25) is 0 Å². The number of ether oxygens (including phenoxy) is 1. The van der Waals surface area contributed by atoms with E-state index in [0.717, 1.165) is 5.69 Å². The zero-order valence-electron chi connectivity index (χ0n) is 9.84. The smallest absolute Gasteiger partial charge is 0.320 e. The quantitative estimate of drug-likeness (QED) is 0.615. The number of carboxylic acids is 1. The minimum absolute atomic E-state index is 0.0514. The molecule has 0 aliphatic rings. The third kappa shape index (κ3) is 3.86. The van der Waals surface area contributed by atoms with Crippen LogP contribution in [0.15, 0.2) is 18.2 Å². The Hall–Kier alpha value is -1.91. The van der Waals surface area contributed by atoms with Crippen LogP contribution in [0.1, 0.15) is 18.3 Å². The molecule has 0 saturated heterocycles. The van der Waals surface area contributed by atoms with E-state index in [0.29, 0.717) is 5.69 Å². The maximum Gasteiger partial charge on any atom is 0.320 e. The average molecular weight is 237 g/mol. The van der Waals surface area contributed by atoms with Crippen LogP contribution in [-0.4, -0.2) is 28.6 Å². The summed E-state index contributed by atoms with van der Waals surface area (Å²) < 4.78 is 4.72. The lowest BCUT2D eigenvalue weighted by Gasteiger charge is -2.10. The predicted molar refractivity (Wildman–Crippen MR) is 60.4 cm³/mol. The normalized spacial score (nSPS) is 11.9. The molecule has 0 aliphatic heterocycles. The highest BCUT2D eigenvalue weighted by Crippen LogP contribution is 2.10. The number of hydrogen-bond donors (Lipinski definition) is 1. The molecule has 5 heteroatoms. The van der Waals surface area contributed by atoms with Crippen molar-refractivity contribution in [2.24, 2.45) is 5.92 Å². The fraction of sp³-hybridized carbons (Fsp3) is 0.417. The fourth-order valence-corrected chi connectivity index (χ4v) is 1.44. The van der Waals surface area contributed by atoms with Crippen molar-refractivity contribution >= 4 is 11.9 Å². The summed E-state index contributed by atoms with van der Waals surface area (Å²) in [6, 6.07) is 5.29. The first-order valence-corrected chi connectivity index (χ1v) is 5.36. The largest absolute Gasteiger partial charge is 0.481 e. The summed E-state index contributed by atoms with van der Waals surface area (Å²) in [6.07, 6.45) is 0.0514. The Morgan fingerprint density at radius 2 is 2.18 bits per heavy atom. The lowest BCUT2D eigenvalue weighted by atomic mass is 10.0. The van der Waals surface area contributed by atoms with Crippen LogP contribution in [-0.2, 0) is 20.7 Å². The molecule has 17 heavy (non-hydrogen) atoms. The van der Waals surface area contributed by atoms with E-state index in [-0.39, 0.29) is 13.0 Å². The Labute approximate surface area is 99.4 Å². The Morgan fingerprint density at radius 1 is 1.47 bits per heavy atom. The first-order valence-electron chi connectivity index (χ1n) is 5.36. The van der Waals surface area contributed by atoms with Crippen LogP contribution in [0.2, 0.25) is 0 Å². The van der Waals surface area contributed by atoms with Gasteiger partial charge in [-0.05, 0) is 26.0 Å². The van der Waals surface area contributed by atoms with Crippen LogP contribution in [0.4, 0.5) is 0 Å². The van der Waals surface area contributed by atoms with Crippen LogP contribution in [0.5, 0.6) is 0 Å². The molecule has 5 nitrogen and oxygen atoms in total. The van der Waals surface area contributed by atoms with Gasteiger partial charge < -0.3 is 9.84 Å². The molecular formula is C12H15NO4. The van der Waals surface area contributed by atoms with Crippen molar-refractivity contribution in [3.05, 3.63) is 29.6 Å². The highest BCUT2D eigenvalue weighted by molar-refractivity contribution is 5.94. The summed E-state index contributed by atoms with van der Waals surface area (Å²) >= 11 is 0. The number of aliphatic carboxylic acids is 1. The molecule has 1 unspecified atom stereocenters. The number of pyridine rings is 1. The van der Waals surface area contributed by atoms with E-state index in [9.17, 15) is 9.59 Å². The molecule has 0 spiro atoms. The van der Waals surface area contributed by atoms with Crippen molar-refractivity contribution in [2.75, 3.05) is 6.61 Å². The Morgan fingerprint density at radius 3 is 2.71 bits per heavy atom. The van der Waals surface area contributed by atoms with Crippen LogP contribution < -0.4 is 0 Å². The van der Waals surface area contributed by atoms with Gasteiger partial charge in [0.25, 0.3) is 0 Å². The summed E-state index contributed by atoms with van der Waals surface area (Å²) in [4.78, 5) is 26.6. The first kappa shape index (κ1) is 13.2. The standard InChI is InChI=1S/C12H15NO4/c1-3-17-12(16)10(11(14)15)7-9-6-4-5-8(2)13-9/h4-6,10H,3,7H2,1-2H3,(H,14,15). The second kappa shape index (κ2) is 5.98. The van der Waals surface area contributed by atoms with Gasteiger partial charge >= 0.3 is 11.9 Å². The van der Waals surface area contributed by atoms with Crippen molar-refractivity contribution in [1.82, 2.24) is 4.98 Å². The SMILES string of the molecule is CCOC(=O)C(Cc1cccc(C)n1)C(=O)O. The van der Waals surface area contributed by atoms with Crippen molar-refractivity contribution < 1.29 is 19.4 Å². The number of carboxylic acid groups (broad SMARTS) is 1. The molecule has 0 aliphatic carbocycles. The molecule has 1 aromatic heterocycles. The Balaban J connectivity index is 2.80. The van der Waals surface area contributed by atoms with Gasteiger partial charge in [0, 0.05) is 17.8 Å². The number of nitrogens with zero attached hydrogens (tertiary/aromatic N) is 1. The summed E-state index contributed by atoms with van der Waals surface area (Å²) in [6.45, 7) is 3.62. The number of hydrogen-bond acceptors (Lipinski definition) is 4. The van der Waals surface area contributed by atoms with E-state index >= 15 is 0 Å². The predicted octanol–water partition coefficient (Wildman–Crippen LogP) is 1.20. The molecule has 1 aromatic rings. The number of carbonyl (C=O) groups is 2. The van der Waals surface area contributed by atoms with Gasteiger partial charge in [-0.3, -0.25) is 14.6 Å². The average Bonchev–Trinajstić information content (AvgIpc) is 2.26. The van der Waals surface area contributed by atoms with E-state index in [1.54, 1.807) is 19.1 Å². The molecular weight excluding hydrogens is 222 g/mol. The summed E-state index contributed by atoms with van der Waals surface area (Å²) in [5.41, 5.74) is 1.36. The summed E-state index contributed by atoms with van der Waals surface area (Å²) in [5, 5.41) is 8.97. The number of aromatic nitrogens is 1. The second-order valence-corrected chi connectivity index (χ2v) is 3.62. The minimum Gasteiger partial charge on any atom is -0.481 e. The van der Waals surface area contributed by atoms with E-state index in [2.05, 4.69) is 4.98 Å². The molecule has 1 heterocycles. The number of rotatable bonds is 5. The number of aryl methyl sites for hydroxylation is 1. The van der Waals surface area contributed by atoms with Gasteiger partial charge in [-0.1, -0.05) is 6.07 Å². The highest BCUT2D eigenvalue weighted by atomic mass is 16.5. The molecule has 0 fully saturated rings. The van der Waals surface area contributed by atoms with Crippen molar-refractivity contribution in [2.45, 2.75) is 20.3 Å². The van der Waals surface area contributed by atoms with Gasteiger partial charge in [0.05, 0.1) is 6.61 Å². The minimum atomic E-state index is -1.19. The van der Waals surface area contributed by atoms with E-state index in [4.69, 9.17) is 9.84 Å². The zero-order chi connectivity index (χ0) is 12.8. The lowest BCUT2D eigenvalue weighted by molar-refractivity contribution is -0.158. The van der Waals surface area contributed by atoms with Gasteiger partial charge in [0.1, 0.15) is 0 Å². The summed E-state index contributed by atoms with van der Waals surface area (Å²) in [7, 11) is 0. The van der Waals surface area contributed by atoms with Gasteiger partial charge in [-0.15, -0.1) is 0 Å². The molecule has 0 radical (unpaired) electrons. The van der Waals surface area contributed by atoms with E-state index in [1.165, 1.54) is 0 Å². The molecule has 0 saturated carbocycles. The maximum atomic E-state index is 11.4. The Kier molecular flexibility index (Phi) is 4.63. The van der Waals surface area contributed by atoms with Crippen molar-refractivity contribution in [1.29, 1.82) is 0 Å².